The van der Waals surface area contributed by atoms with Gasteiger partial charge >= 0.3 is 0 Å². The number of rotatable bonds is 5. The van der Waals surface area contributed by atoms with Crippen molar-refractivity contribution in [3.05, 3.63) is 125 Å². The molecule has 1 aromatic heterocycles. The summed E-state index contributed by atoms with van der Waals surface area (Å²) >= 11 is 0. The van der Waals surface area contributed by atoms with Gasteiger partial charge in [-0.15, -0.1) is 0 Å². The molecule has 156 valence electrons. The minimum absolute atomic E-state index is 0.0925. The van der Waals surface area contributed by atoms with Crippen molar-refractivity contribution in [1.82, 2.24) is 9.55 Å². The van der Waals surface area contributed by atoms with Gasteiger partial charge in [-0.05, 0) is 48.9 Å². The van der Waals surface area contributed by atoms with Crippen LogP contribution in [0, 0.1) is 6.92 Å². The third-order valence-corrected chi connectivity index (χ3v) is 5.41. The van der Waals surface area contributed by atoms with E-state index in [1.807, 2.05) is 110 Å². The first-order chi connectivity index (χ1) is 15.7. The van der Waals surface area contributed by atoms with Gasteiger partial charge in [-0.2, -0.15) is 0 Å². The highest BCUT2D eigenvalue weighted by Crippen LogP contribution is 2.26. The Kier molecular flexibility index (Phi) is 5.26. The van der Waals surface area contributed by atoms with Crippen LogP contribution in [0.2, 0.25) is 0 Å². The molecule has 0 unspecified atom stereocenters. The van der Waals surface area contributed by atoms with Gasteiger partial charge < -0.3 is 4.74 Å². The van der Waals surface area contributed by atoms with Crippen LogP contribution < -0.4 is 10.3 Å². The smallest absolute Gasteiger partial charge is 0.266 e. The molecule has 0 aliphatic carbocycles. The number of benzene rings is 4. The molecule has 0 radical (unpaired) electrons. The maximum atomic E-state index is 13.5. The Hall–Kier alpha value is -4.18. The van der Waals surface area contributed by atoms with Gasteiger partial charge in [-0.1, -0.05) is 72.3 Å². The SMILES string of the molecule is Cc1ccc(-n2c(-c3cccc(OCc4ccccc4)c3)nc3ccccc3c2=O)cc1. The number of ether oxygens (including phenoxy) is 1. The van der Waals surface area contributed by atoms with Crippen LogP contribution in [0.3, 0.4) is 0 Å². The molecule has 0 N–H and O–H groups in total. The lowest BCUT2D eigenvalue weighted by molar-refractivity contribution is 0.306. The molecule has 1 heterocycles. The van der Waals surface area contributed by atoms with E-state index in [-0.39, 0.29) is 5.56 Å². The quantitative estimate of drug-likeness (QED) is 0.355. The highest BCUT2D eigenvalue weighted by atomic mass is 16.5. The Balaban J connectivity index is 1.62. The fraction of sp³-hybridized carbons (Fsp3) is 0.0714. The van der Waals surface area contributed by atoms with E-state index in [2.05, 4.69) is 0 Å². The van der Waals surface area contributed by atoms with Crippen LogP contribution in [0.5, 0.6) is 5.75 Å². The molecular formula is C28H22N2O2. The number of hydrogen-bond acceptors (Lipinski definition) is 3. The Bertz CT molecular complexity index is 1440. The van der Waals surface area contributed by atoms with Crippen molar-refractivity contribution < 1.29 is 4.74 Å². The van der Waals surface area contributed by atoms with E-state index in [0.717, 1.165) is 28.1 Å². The molecule has 0 saturated heterocycles. The van der Waals surface area contributed by atoms with E-state index < -0.39 is 0 Å². The molecule has 5 aromatic rings. The van der Waals surface area contributed by atoms with Crippen molar-refractivity contribution >= 4 is 10.9 Å². The summed E-state index contributed by atoms with van der Waals surface area (Å²) in [4.78, 5) is 18.4. The summed E-state index contributed by atoms with van der Waals surface area (Å²) in [6, 6.07) is 33.1. The second-order valence-corrected chi connectivity index (χ2v) is 7.73. The van der Waals surface area contributed by atoms with E-state index in [1.165, 1.54) is 0 Å². The summed E-state index contributed by atoms with van der Waals surface area (Å²) in [5.74, 6) is 1.31. The predicted octanol–water partition coefficient (Wildman–Crippen LogP) is 5.94. The Labute approximate surface area is 186 Å². The summed E-state index contributed by atoms with van der Waals surface area (Å²) in [6.07, 6.45) is 0. The summed E-state index contributed by atoms with van der Waals surface area (Å²) in [7, 11) is 0. The Morgan fingerprint density at radius 1 is 0.812 bits per heavy atom. The largest absolute Gasteiger partial charge is 0.489 e. The fourth-order valence-electron chi connectivity index (χ4n) is 3.73. The van der Waals surface area contributed by atoms with Gasteiger partial charge in [0.1, 0.15) is 18.2 Å². The standard InChI is InChI=1S/C28H22N2O2/c1-20-14-16-23(17-15-20)30-27(29-26-13-6-5-12-25(26)28(30)31)22-10-7-11-24(18-22)32-19-21-8-3-2-4-9-21/h2-18H,19H2,1H3. The third kappa shape index (κ3) is 3.91. The van der Waals surface area contributed by atoms with Crippen LogP contribution in [0.1, 0.15) is 11.1 Å². The average molecular weight is 418 g/mol. The van der Waals surface area contributed by atoms with E-state index in [9.17, 15) is 4.79 Å². The second kappa shape index (κ2) is 8.52. The van der Waals surface area contributed by atoms with Gasteiger partial charge in [0.05, 0.1) is 16.6 Å². The molecule has 32 heavy (non-hydrogen) atoms. The first-order valence-corrected chi connectivity index (χ1v) is 10.5. The minimum atomic E-state index is -0.0925. The highest BCUT2D eigenvalue weighted by molar-refractivity contribution is 5.80. The molecule has 4 aromatic carbocycles. The minimum Gasteiger partial charge on any atom is -0.489 e. The molecular weight excluding hydrogens is 396 g/mol. The summed E-state index contributed by atoms with van der Waals surface area (Å²) in [5.41, 5.74) is 4.41. The van der Waals surface area contributed by atoms with Crippen molar-refractivity contribution in [3.8, 4) is 22.8 Å². The van der Waals surface area contributed by atoms with Gasteiger partial charge in [0, 0.05) is 5.56 Å². The highest BCUT2D eigenvalue weighted by Gasteiger charge is 2.15. The van der Waals surface area contributed by atoms with E-state index in [4.69, 9.17) is 9.72 Å². The van der Waals surface area contributed by atoms with Gasteiger partial charge in [0.15, 0.2) is 0 Å². The lowest BCUT2D eigenvalue weighted by Crippen LogP contribution is -2.22. The van der Waals surface area contributed by atoms with Crippen LogP contribution in [-0.2, 0) is 6.61 Å². The second-order valence-electron chi connectivity index (χ2n) is 7.73. The Morgan fingerprint density at radius 3 is 2.38 bits per heavy atom. The topological polar surface area (TPSA) is 44.1 Å². The van der Waals surface area contributed by atoms with Gasteiger partial charge in [-0.25, -0.2) is 4.98 Å². The first-order valence-electron chi connectivity index (χ1n) is 10.5. The molecule has 0 saturated carbocycles. The zero-order valence-electron chi connectivity index (χ0n) is 17.7. The lowest BCUT2D eigenvalue weighted by atomic mass is 10.1. The molecule has 0 amide bonds. The summed E-state index contributed by atoms with van der Waals surface area (Å²) in [6.45, 7) is 2.50. The number of para-hydroxylation sites is 1. The van der Waals surface area contributed by atoms with Crippen molar-refractivity contribution in [3.63, 3.8) is 0 Å². The van der Waals surface area contributed by atoms with Crippen molar-refractivity contribution in [2.75, 3.05) is 0 Å². The van der Waals surface area contributed by atoms with E-state index in [0.29, 0.717) is 23.3 Å². The van der Waals surface area contributed by atoms with Crippen molar-refractivity contribution in [2.45, 2.75) is 13.5 Å². The zero-order valence-corrected chi connectivity index (χ0v) is 17.7. The number of fused-ring (bicyclic) bond motifs is 1. The third-order valence-electron chi connectivity index (χ3n) is 5.41. The predicted molar refractivity (Wildman–Crippen MR) is 128 cm³/mol. The summed E-state index contributed by atoms with van der Waals surface area (Å²) in [5, 5.41) is 0.591. The van der Waals surface area contributed by atoms with Crippen LogP contribution >= 0.6 is 0 Å². The average Bonchev–Trinajstić information content (AvgIpc) is 2.84. The first kappa shape index (κ1) is 19.8. The van der Waals surface area contributed by atoms with Crippen LogP contribution in [0.25, 0.3) is 28.0 Å². The van der Waals surface area contributed by atoms with E-state index >= 15 is 0 Å². The van der Waals surface area contributed by atoms with Crippen LogP contribution in [0.15, 0.2) is 108 Å². The molecule has 0 aliphatic heterocycles. The molecule has 0 aliphatic rings. The molecule has 4 nitrogen and oxygen atoms in total. The molecule has 0 atom stereocenters. The normalized spacial score (nSPS) is 10.9. The fourth-order valence-corrected chi connectivity index (χ4v) is 3.73. The van der Waals surface area contributed by atoms with Crippen molar-refractivity contribution in [1.29, 1.82) is 0 Å². The van der Waals surface area contributed by atoms with Crippen LogP contribution in [-0.4, -0.2) is 9.55 Å². The van der Waals surface area contributed by atoms with Crippen LogP contribution in [0.4, 0.5) is 0 Å². The monoisotopic (exact) mass is 418 g/mol. The van der Waals surface area contributed by atoms with Gasteiger partial charge in [0.25, 0.3) is 5.56 Å². The number of aromatic nitrogens is 2. The maximum Gasteiger partial charge on any atom is 0.266 e. The van der Waals surface area contributed by atoms with E-state index in [1.54, 1.807) is 4.57 Å². The number of aryl methyl sites for hydroxylation is 1. The number of hydrogen-bond donors (Lipinski definition) is 0. The lowest BCUT2D eigenvalue weighted by Gasteiger charge is -2.15. The van der Waals surface area contributed by atoms with Gasteiger partial charge in [0.2, 0.25) is 0 Å². The maximum absolute atomic E-state index is 13.5. The zero-order chi connectivity index (χ0) is 21.9. The molecule has 0 bridgehead atoms. The molecule has 4 heteroatoms. The molecule has 0 spiro atoms. The molecule has 0 fully saturated rings. The summed E-state index contributed by atoms with van der Waals surface area (Å²) < 4.78 is 7.70. The number of nitrogens with zero attached hydrogens (tertiary/aromatic N) is 2. The van der Waals surface area contributed by atoms with Gasteiger partial charge in [-0.3, -0.25) is 9.36 Å². The molecule has 5 rings (SSSR count). The Morgan fingerprint density at radius 2 is 1.56 bits per heavy atom. The van der Waals surface area contributed by atoms with Crippen molar-refractivity contribution in [2.24, 2.45) is 0 Å².